The molecule has 11 nitrogen and oxygen atoms in total. The summed E-state index contributed by atoms with van der Waals surface area (Å²) < 4.78 is 10.4. The number of nitrogen functional groups attached to an aromatic ring is 1. The molecule has 4 rings (SSSR count). The summed E-state index contributed by atoms with van der Waals surface area (Å²) in [6.07, 6.45) is 3.27. The zero-order valence-electron chi connectivity index (χ0n) is 22.1. The molecule has 0 saturated carbocycles. The van der Waals surface area contributed by atoms with Gasteiger partial charge in [-0.1, -0.05) is 42.5 Å². The molecular formula is C29H31N5O6. The fourth-order valence-corrected chi connectivity index (χ4v) is 4.21. The number of anilines is 1. The smallest absolute Gasteiger partial charge is 0.306 e. The number of hydrogen-bond donors (Lipinski definition) is 4. The van der Waals surface area contributed by atoms with E-state index in [4.69, 9.17) is 15.2 Å². The predicted octanol–water partition coefficient (Wildman–Crippen LogP) is 2.80. The first-order valence-electron chi connectivity index (χ1n) is 12.9. The van der Waals surface area contributed by atoms with E-state index in [0.717, 1.165) is 16.7 Å². The van der Waals surface area contributed by atoms with Crippen molar-refractivity contribution in [2.45, 2.75) is 45.3 Å². The Bertz CT molecular complexity index is 1530. The van der Waals surface area contributed by atoms with E-state index in [1.165, 1.54) is 6.92 Å². The number of hydrogen-bond acceptors (Lipinski definition) is 8. The minimum Gasteiger partial charge on any atom is -0.464 e. The average Bonchev–Trinajstić information content (AvgIpc) is 3.36. The number of aromatic nitrogens is 3. The fraction of sp³-hybridized carbons (Fsp3) is 0.276. The van der Waals surface area contributed by atoms with E-state index in [1.807, 2.05) is 42.5 Å². The molecule has 0 bridgehead atoms. The lowest BCUT2D eigenvalue weighted by Gasteiger charge is -2.18. The molecule has 2 heterocycles. The number of ether oxygens (including phenoxy) is 2. The third-order valence-electron chi connectivity index (χ3n) is 6.30. The number of nitrogens with zero attached hydrogens (tertiary/aromatic N) is 1. The Balaban J connectivity index is 1.31. The maximum Gasteiger partial charge on any atom is 0.306 e. The Morgan fingerprint density at radius 1 is 1.00 bits per heavy atom. The molecule has 1 atom stereocenters. The molecule has 1 amide bonds. The molecule has 0 aliphatic heterocycles. The van der Waals surface area contributed by atoms with E-state index in [0.29, 0.717) is 29.4 Å². The number of aromatic amines is 2. The molecule has 4 aromatic rings. The van der Waals surface area contributed by atoms with Crippen molar-refractivity contribution in [3.8, 4) is 0 Å². The van der Waals surface area contributed by atoms with Crippen LogP contribution in [0.15, 0.2) is 65.6 Å². The third kappa shape index (κ3) is 7.79. The largest absolute Gasteiger partial charge is 0.464 e. The van der Waals surface area contributed by atoms with E-state index in [-0.39, 0.29) is 43.5 Å². The van der Waals surface area contributed by atoms with Crippen molar-refractivity contribution in [1.29, 1.82) is 0 Å². The summed E-state index contributed by atoms with van der Waals surface area (Å²) in [6.45, 7) is 1.38. The van der Waals surface area contributed by atoms with E-state index >= 15 is 0 Å². The molecule has 2 aromatic carbocycles. The first kappa shape index (κ1) is 28.1. The van der Waals surface area contributed by atoms with Crippen molar-refractivity contribution in [3.05, 3.63) is 93.4 Å². The SMILES string of the molecule is CC(=O)OC[C@H](CCC(=O)OCc1ccccc1)NC(=O)c1ccc(CCc2c[nH]c3nc(N)[nH]c(=O)c23)cc1. The summed E-state index contributed by atoms with van der Waals surface area (Å²) >= 11 is 0. The van der Waals surface area contributed by atoms with E-state index in [1.54, 1.807) is 18.3 Å². The number of carbonyl (C=O) groups excluding carboxylic acids is 3. The second-order valence-corrected chi connectivity index (χ2v) is 9.34. The molecule has 0 unspecified atom stereocenters. The van der Waals surface area contributed by atoms with Crippen LogP contribution in [0, 0.1) is 0 Å². The molecule has 208 valence electrons. The van der Waals surface area contributed by atoms with Crippen molar-refractivity contribution in [2.75, 3.05) is 12.3 Å². The van der Waals surface area contributed by atoms with Crippen LogP contribution in [0.3, 0.4) is 0 Å². The fourth-order valence-electron chi connectivity index (χ4n) is 4.21. The standard InChI is InChI=1S/C29H31N5O6/c1-18(35)39-17-23(13-14-24(36)40-16-20-5-3-2-4-6-20)32-27(37)21-10-7-19(8-11-21)9-12-22-15-31-26-25(22)28(38)34-29(30)33-26/h2-8,10-11,15,23H,9,12-14,16-17H2,1H3,(H,32,37)(H4,30,31,33,34,38)/t23-/m0/s1. The van der Waals surface area contributed by atoms with Gasteiger partial charge in [0.1, 0.15) is 18.9 Å². The Morgan fingerprint density at radius 3 is 2.48 bits per heavy atom. The highest BCUT2D eigenvalue weighted by Gasteiger charge is 2.18. The van der Waals surface area contributed by atoms with E-state index in [2.05, 4.69) is 20.3 Å². The van der Waals surface area contributed by atoms with Crippen LogP contribution in [0.4, 0.5) is 5.95 Å². The summed E-state index contributed by atoms with van der Waals surface area (Å²) in [5.41, 5.74) is 8.84. The first-order chi connectivity index (χ1) is 19.3. The van der Waals surface area contributed by atoms with E-state index < -0.39 is 18.0 Å². The number of rotatable bonds is 12. The van der Waals surface area contributed by atoms with Crippen LogP contribution in [0.2, 0.25) is 0 Å². The van der Waals surface area contributed by atoms with Gasteiger partial charge in [0.05, 0.1) is 11.4 Å². The molecule has 2 aromatic heterocycles. The molecule has 0 radical (unpaired) electrons. The lowest BCUT2D eigenvalue weighted by atomic mass is 10.0. The van der Waals surface area contributed by atoms with Gasteiger partial charge in [-0.25, -0.2) is 0 Å². The van der Waals surface area contributed by atoms with Crippen molar-refractivity contribution in [3.63, 3.8) is 0 Å². The second-order valence-electron chi connectivity index (χ2n) is 9.34. The minimum atomic E-state index is -0.567. The molecule has 0 aliphatic rings. The van der Waals surface area contributed by atoms with Crippen LogP contribution in [-0.4, -0.2) is 45.4 Å². The van der Waals surface area contributed by atoms with Gasteiger partial charge < -0.3 is 25.5 Å². The molecule has 5 N–H and O–H groups in total. The van der Waals surface area contributed by atoms with Gasteiger partial charge in [0.25, 0.3) is 11.5 Å². The van der Waals surface area contributed by atoms with Gasteiger partial charge in [-0.3, -0.25) is 24.2 Å². The van der Waals surface area contributed by atoms with Gasteiger partial charge in [-0.15, -0.1) is 0 Å². The molecule has 0 aliphatic carbocycles. The Hall–Kier alpha value is -4.93. The lowest BCUT2D eigenvalue weighted by Crippen LogP contribution is -2.39. The van der Waals surface area contributed by atoms with Crippen LogP contribution in [0.5, 0.6) is 0 Å². The second kappa shape index (κ2) is 13.2. The number of esters is 2. The topological polar surface area (TPSA) is 169 Å². The molecule has 0 spiro atoms. The van der Waals surface area contributed by atoms with Crippen LogP contribution < -0.4 is 16.6 Å². The molecule has 0 fully saturated rings. The van der Waals surface area contributed by atoms with Crippen LogP contribution in [0.25, 0.3) is 11.0 Å². The highest BCUT2D eigenvalue weighted by atomic mass is 16.5. The number of nitrogens with one attached hydrogen (secondary N) is 3. The normalized spacial score (nSPS) is 11.6. The molecule has 40 heavy (non-hydrogen) atoms. The summed E-state index contributed by atoms with van der Waals surface area (Å²) in [4.78, 5) is 58.3. The Morgan fingerprint density at radius 2 is 1.75 bits per heavy atom. The maximum atomic E-state index is 12.9. The average molecular weight is 546 g/mol. The van der Waals surface area contributed by atoms with Crippen LogP contribution in [0.1, 0.15) is 46.8 Å². The Kier molecular flexibility index (Phi) is 9.29. The number of nitrogens with two attached hydrogens (primary N) is 1. The number of H-pyrrole nitrogens is 2. The van der Waals surface area contributed by atoms with Gasteiger partial charge in [-0.2, -0.15) is 4.98 Å². The number of aryl methyl sites for hydroxylation is 2. The zero-order chi connectivity index (χ0) is 28.5. The summed E-state index contributed by atoms with van der Waals surface area (Å²) in [5, 5.41) is 3.32. The van der Waals surface area contributed by atoms with Crippen molar-refractivity contribution < 1.29 is 23.9 Å². The van der Waals surface area contributed by atoms with Crippen molar-refractivity contribution in [1.82, 2.24) is 20.3 Å². The van der Waals surface area contributed by atoms with Crippen molar-refractivity contribution >= 4 is 34.8 Å². The lowest BCUT2D eigenvalue weighted by molar-refractivity contribution is -0.145. The van der Waals surface area contributed by atoms with Crippen molar-refractivity contribution in [2.24, 2.45) is 0 Å². The van der Waals surface area contributed by atoms with Crippen LogP contribution >= 0.6 is 0 Å². The highest BCUT2D eigenvalue weighted by Crippen LogP contribution is 2.16. The maximum absolute atomic E-state index is 12.9. The van der Waals surface area contributed by atoms with E-state index in [9.17, 15) is 19.2 Å². The number of benzene rings is 2. The predicted molar refractivity (Wildman–Crippen MR) is 148 cm³/mol. The number of carbonyl (C=O) groups is 3. The van der Waals surface area contributed by atoms with Gasteiger partial charge in [0.15, 0.2) is 0 Å². The Labute approximate surface area is 230 Å². The van der Waals surface area contributed by atoms with Gasteiger partial charge in [0.2, 0.25) is 5.95 Å². The molecule has 11 heteroatoms. The van der Waals surface area contributed by atoms with Gasteiger partial charge in [0, 0.05) is 25.1 Å². The first-order valence-corrected chi connectivity index (χ1v) is 12.9. The minimum absolute atomic E-state index is 0.0523. The third-order valence-corrected chi connectivity index (χ3v) is 6.30. The van der Waals surface area contributed by atoms with Gasteiger partial charge >= 0.3 is 11.9 Å². The van der Waals surface area contributed by atoms with Gasteiger partial charge in [-0.05, 0) is 48.1 Å². The van der Waals surface area contributed by atoms with Crippen LogP contribution in [-0.2, 0) is 38.5 Å². The zero-order valence-corrected chi connectivity index (χ0v) is 22.1. The number of fused-ring (bicyclic) bond motifs is 1. The quantitative estimate of drug-likeness (QED) is 0.197. The highest BCUT2D eigenvalue weighted by molar-refractivity contribution is 5.94. The molecular weight excluding hydrogens is 514 g/mol. The monoisotopic (exact) mass is 545 g/mol. The summed E-state index contributed by atoms with van der Waals surface area (Å²) in [7, 11) is 0. The molecule has 0 saturated heterocycles. The summed E-state index contributed by atoms with van der Waals surface area (Å²) in [6, 6.07) is 15.8. The number of amides is 1. The summed E-state index contributed by atoms with van der Waals surface area (Å²) in [5.74, 6) is -1.19.